The minimum absolute atomic E-state index is 0.113. The average Bonchev–Trinajstić information content (AvgIpc) is 2.36. The maximum atomic E-state index is 12.1. The fraction of sp³-hybridized carbons (Fsp3) is 0.500. The lowest BCUT2D eigenvalue weighted by Gasteiger charge is -2.23. The van der Waals surface area contributed by atoms with Gasteiger partial charge in [0.05, 0.1) is 10.5 Å². The minimum Gasteiger partial charge on any atom is -0.377 e. The zero-order valence-electron chi connectivity index (χ0n) is 11.2. The molecule has 5 nitrogen and oxygen atoms in total. The summed E-state index contributed by atoms with van der Waals surface area (Å²) in [4.78, 5) is 0.113. The van der Waals surface area contributed by atoms with Crippen LogP contribution in [-0.2, 0) is 21.3 Å². The summed E-state index contributed by atoms with van der Waals surface area (Å²) in [6.45, 7) is 4.02. The molecule has 7 heteroatoms. The second kappa shape index (κ2) is 6.19. The highest BCUT2D eigenvalue weighted by atomic mass is 35.5. The molecule has 3 N–H and O–H groups in total. The molecule has 0 fully saturated rings. The van der Waals surface area contributed by atoms with Crippen LogP contribution in [0.5, 0.6) is 0 Å². The number of rotatable bonds is 6. The van der Waals surface area contributed by atoms with Crippen LogP contribution < -0.4 is 10.5 Å². The van der Waals surface area contributed by atoms with Crippen LogP contribution >= 0.6 is 11.6 Å². The number of benzene rings is 1. The average molecular weight is 307 g/mol. The molecule has 0 heterocycles. The van der Waals surface area contributed by atoms with Crippen molar-refractivity contribution < 1.29 is 13.2 Å². The maximum Gasteiger partial charge on any atom is 0.240 e. The van der Waals surface area contributed by atoms with Gasteiger partial charge in [-0.05, 0) is 31.5 Å². The molecule has 0 atom stereocenters. The van der Waals surface area contributed by atoms with Gasteiger partial charge >= 0.3 is 0 Å². The maximum absolute atomic E-state index is 12.1. The molecule has 1 aromatic rings. The van der Waals surface area contributed by atoms with E-state index in [2.05, 4.69) is 4.72 Å². The lowest BCUT2D eigenvalue weighted by atomic mass is 10.1. The molecule has 0 aromatic heterocycles. The van der Waals surface area contributed by atoms with E-state index in [1.807, 2.05) is 0 Å². The number of nitrogens with two attached hydrogens (primary N) is 1. The van der Waals surface area contributed by atoms with Crippen molar-refractivity contribution >= 4 is 21.6 Å². The van der Waals surface area contributed by atoms with Crippen molar-refractivity contribution in [1.82, 2.24) is 4.72 Å². The number of hydrogen-bond acceptors (Lipinski definition) is 4. The van der Waals surface area contributed by atoms with Crippen molar-refractivity contribution in [3.63, 3.8) is 0 Å². The fourth-order valence-electron chi connectivity index (χ4n) is 1.29. The summed E-state index contributed by atoms with van der Waals surface area (Å²) in [5, 5.41) is 0.344. The van der Waals surface area contributed by atoms with E-state index in [1.54, 1.807) is 19.9 Å². The predicted molar refractivity (Wildman–Crippen MR) is 75.6 cm³/mol. The van der Waals surface area contributed by atoms with Gasteiger partial charge in [0.25, 0.3) is 0 Å². The van der Waals surface area contributed by atoms with E-state index in [1.165, 1.54) is 19.2 Å². The first-order chi connectivity index (χ1) is 8.72. The molecule has 0 amide bonds. The van der Waals surface area contributed by atoms with E-state index in [9.17, 15) is 8.42 Å². The molecule has 108 valence electrons. The third-order valence-corrected chi connectivity index (χ3v) is 4.55. The van der Waals surface area contributed by atoms with Crippen LogP contribution in [0.15, 0.2) is 23.1 Å². The van der Waals surface area contributed by atoms with Crippen LogP contribution in [0.2, 0.25) is 5.02 Å². The van der Waals surface area contributed by atoms with E-state index in [0.717, 1.165) is 0 Å². The predicted octanol–water partition coefficient (Wildman–Crippen LogP) is 1.50. The van der Waals surface area contributed by atoms with Crippen molar-refractivity contribution in [2.24, 2.45) is 5.73 Å². The molecule has 0 aliphatic carbocycles. The van der Waals surface area contributed by atoms with Crippen LogP contribution in [0.3, 0.4) is 0 Å². The Hall–Kier alpha value is -0.660. The molecule has 0 saturated heterocycles. The Kier molecular flexibility index (Phi) is 5.34. The molecule has 0 unspecified atom stereocenters. The van der Waals surface area contributed by atoms with Crippen molar-refractivity contribution in [1.29, 1.82) is 0 Å². The number of nitrogens with one attached hydrogen (secondary N) is 1. The van der Waals surface area contributed by atoms with Crippen LogP contribution in [-0.4, -0.2) is 27.7 Å². The number of ether oxygens (including phenoxy) is 1. The van der Waals surface area contributed by atoms with Crippen molar-refractivity contribution in [3.05, 3.63) is 28.8 Å². The summed E-state index contributed by atoms with van der Waals surface area (Å²) in [5.74, 6) is 0. The zero-order valence-corrected chi connectivity index (χ0v) is 12.8. The Morgan fingerprint density at radius 3 is 2.53 bits per heavy atom. The number of hydrogen-bond donors (Lipinski definition) is 2. The first kappa shape index (κ1) is 16.4. The van der Waals surface area contributed by atoms with Gasteiger partial charge in [0, 0.05) is 25.2 Å². The van der Waals surface area contributed by atoms with Crippen molar-refractivity contribution in [2.75, 3.05) is 13.7 Å². The van der Waals surface area contributed by atoms with E-state index in [4.69, 9.17) is 22.1 Å². The summed E-state index contributed by atoms with van der Waals surface area (Å²) in [6, 6.07) is 4.49. The molecule has 0 aliphatic rings. The fourth-order valence-corrected chi connectivity index (χ4v) is 2.83. The Morgan fingerprint density at radius 2 is 2.05 bits per heavy atom. The first-order valence-electron chi connectivity index (χ1n) is 5.75. The van der Waals surface area contributed by atoms with Gasteiger partial charge in [0.2, 0.25) is 10.0 Å². The van der Waals surface area contributed by atoms with Crippen molar-refractivity contribution in [2.45, 2.75) is 30.9 Å². The molecule has 0 saturated carbocycles. The number of sulfonamides is 1. The zero-order chi connectivity index (χ0) is 14.7. The standard InChI is InChI=1S/C12H19ClN2O3S/c1-12(2,18-3)8-15-19(16,17)10-5-4-9(7-14)11(13)6-10/h4-6,15H,7-8,14H2,1-3H3. The molecule has 1 rings (SSSR count). The molecular formula is C12H19ClN2O3S. The largest absolute Gasteiger partial charge is 0.377 e. The Morgan fingerprint density at radius 1 is 1.42 bits per heavy atom. The van der Waals surface area contributed by atoms with E-state index in [0.29, 0.717) is 10.6 Å². The molecule has 1 aromatic carbocycles. The van der Waals surface area contributed by atoms with E-state index >= 15 is 0 Å². The normalized spacial score (nSPS) is 12.7. The van der Waals surface area contributed by atoms with Gasteiger partial charge in [-0.2, -0.15) is 0 Å². The van der Waals surface area contributed by atoms with E-state index in [-0.39, 0.29) is 18.0 Å². The SMILES string of the molecule is COC(C)(C)CNS(=O)(=O)c1ccc(CN)c(Cl)c1. The smallest absolute Gasteiger partial charge is 0.240 e. The summed E-state index contributed by atoms with van der Waals surface area (Å²) < 4.78 is 31.8. The van der Waals surface area contributed by atoms with Crippen LogP contribution in [0, 0.1) is 0 Å². The molecular weight excluding hydrogens is 288 g/mol. The van der Waals surface area contributed by atoms with Crippen molar-refractivity contribution in [3.8, 4) is 0 Å². The quantitative estimate of drug-likeness (QED) is 0.834. The first-order valence-corrected chi connectivity index (χ1v) is 7.61. The third-order valence-electron chi connectivity index (χ3n) is 2.80. The van der Waals surface area contributed by atoms with Gasteiger partial charge in [0.15, 0.2) is 0 Å². The third kappa shape index (κ3) is 4.43. The van der Waals surface area contributed by atoms with Gasteiger partial charge in [-0.3, -0.25) is 0 Å². The number of halogens is 1. The lowest BCUT2D eigenvalue weighted by molar-refractivity contribution is 0.0276. The number of methoxy groups -OCH3 is 1. The molecule has 0 spiro atoms. The Bertz CT molecular complexity index is 544. The topological polar surface area (TPSA) is 81.4 Å². The summed E-state index contributed by atoms with van der Waals surface area (Å²) >= 11 is 5.96. The highest BCUT2D eigenvalue weighted by molar-refractivity contribution is 7.89. The summed E-state index contributed by atoms with van der Waals surface area (Å²) in [7, 11) is -2.08. The Balaban J connectivity index is 2.92. The molecule has 0 radical (unpaired) electrons. The van der Waals surface area contributed by atoms with Gasteiger partial charge in [0.1, 0.15) is 0 Å². The molecule has 19 heavy (non-hydrogen) atoms. The Labute approximate surface area is 119 Å². The molecule has 0 aliphatic heterocycles. The monoisotopic (exact) mass is 306 g/mol. The van der Waals surface area contributed by atoms with Gasteiger partial charge in [-0.15, -0.1) is 0 Å². The minimum atomic E-state index is -3.61. The second-order valence-electron chi connectivity index (χ2n) is 4.75. The summed E-state index contributed by atoms with van der Waals surface area (Å²) in [6.07, 6.45) is 0. The van der Waals surface area contributed by atoms with Crippen LogP contribution in [0.25, 0.3) is 0 Å². The van der Waals surface area contributed by atoms with Gasteiger partial charge < -0.3 is 10.5 Å². The van der Waals surface area contributed by atoms with E-state index < -0.39 is 15.6 Å². The summed E-state index contributed by atoms with van der Waals surface area (Å²) in [5.41, 5.74) is 5.61. The van der Waals surface area contributed by atoms with Crippen LogP contribution in [0.4, 0.5) is 0 Å². The highest BCUT2D eigenvalue weighted by Crippen LogP contribution is 2.20. The lowest BCUT2D eigenvalue weighted by Crippen LogP contribution is -2.39. The second-order valence-corrected chi connectivity index (χ2v) is 6.92. The van der Waals surface area contributed by atoms with Gasteiger partial charge in [-0.1, -0.05) is 17.7 Å². The van der Waals surface area contributed by atoms with Crippen LogP contribution in [0.1, 0.15) is 19.4 Å². The molecule has 0 bridgehead atoms. The highest BCUT2D eigenvalue weighted by Gasteiger charge is 2.22. The van der Waals surface area contributed by atoms with Gasteiger partial charge in [-0.25, -0.2) is 13.1 Å².